The van der Waals surface area contributed by atoms with E-state index in [1.807, 2.05) is 18.2 Å². The third-order valence-electron chi connectivity index (χ3n) is 11.7. The minimum Gasteiger partial charge on any atom is -0.507 e. The van der Waals surface area contributed by atoms with Gasteiger partial charge in [-0.2, -0.15) is 4.57 Å². The van der Waals surface area contributed by atoms with Crippen LogP contribution in [0.3, 0.4) is 0 Å². The number of hydrogen-bond donors (Lipinski definition) is 1. The van der Waals surface area contributed by atoms with Gasteiger partial charge < -0.3 is 9.52 Å². The average Bonchev–Trinajstić information content (AvgIpc) is 3.71. The predicted molar refractivity (Wildman–Crippen MR) is 233 cm³/mol. The van der Waals surface area contributed by atoms with Crippen molar-refractivity contribution in [3.63, 3.8) is 0 Å². The summed E-state index contributed by atoms with van der Waals surface area (Å²) in [7, 11) is 2.18. The van der Waals surface area contributed by atoms with E-state index >= 15 is 0 Å². The van der Waals surface area contributed by atoms with Crippen LogP contribution in [-0.4, -0.2) is 9.67 Å². The molecule has 2 aromatic heterocycles. The summed E-state index contributed by atoms with van der Waals surface area (Å²) < 4.78 is 11.2. The van der Waals surface area contributed by atoms with E-state index in [0.29, 0.717) is 11.8 Å². The first-order valence-corrected chi connectivity index (χ1v) is 19.7. The Morgan fingerprint density at radius 1 is 0.571 bits per heavy atom. The fourth-order valence-electron chi connectivity index (χ4n) is 8.78. The number of aryl methyl sites for hydroxylation is 2. The van der Waals surface area contributed by atoms with E-state index in [-0.39, 0.29) is 5.75 Å². The van der Waals surface area contributed by atoms with Gasteiger partial charge in [-0.1, -0.05) is 125 Å². The molecule has 2 heterocycles. The number of imidazole rings is 1. The molecule has 56 heavy (non-hydrogen) atoms. The molecule has 0 saturated heterocycles. The molecular weight excluding hydrogens is 685 g/mol. The number of nitrogens with zero attached hydrogens (tertiary/aromatic N) is 2. The highest BCUT2D eigenvalue weighted by molar-refractivity contribution is 6.07. The Labute approximate surface area is 328 Å². The van der Waals surface area contributed by atoms with E-state index in [9.17, 15) is 5.11 Å². The zero-order chi connectivity index (χ0) is 38.8. The van der Waals surface area contributed by atoms with E-state index in [4.69, 9.17) is 4.42 Å². The Morgan fingerprint density at radius 2 is 1.21 bits per heavy atom. The number of benzene rings is 7. The molecule has 0 aliphatic heterocycles. The lowest BCUT2D eigenvalue weighted by Gasteiger charge is -2.20. The standard InChI is InChI=1S/C52H46N2O2/c1-31(2)39-16-13-17-40(32(3)4)51(39)54-46-19-12-11-18-45(46)53(7)52(54)50-33(5)20-24-41(34(50)6)42-25-21-37(29-47(42)55)36-23-27-48-44(28-36)43-26-22-38(30-49(43)56-48)35-14-9-8-10-15-35/h8-32H,1-7H3/p+1. The summed E-state index contributed by atoms with van der Waals surface area (Å²) >= 11 is 0. The molecule has 9 aromatic rings. The number of phenols is 1. The molecule has 0 saturated carbocycles. The first-order chi connectivity index (χ1) is 27.1. The van der Waals surface area contributed by atoms with Crippen molar-refractivity contribution in [2.24, 2.45) is 7.05 Å². The van der Waals surface area contributed by atoms with Gasteiger partial charge in [0, 0.05) is 27.5 Å². The molecule has 0 amide bonds. The summed E-state index contributed by atoms with van der Waals surface area (Å²) in [6.45, 7) is 13.5. The van der Waals surface area contributed by atoms with Crippen LogP contribution < -0.4 is 4.57 Å². The van der Waals surface area contributed by atoms with E-state index < -0.39 is 0 Å². The van der Waals surface area contributed by atoms with Gasteiger partial charge in [0.1, 0.15) is 22.6 Å². The second-order valence-electron chi connectivity index (χ2n) is 15.9. The number of aromatic nitrogens is 2. The maximum atomic E-state index is 11.8. The monoisotopic (exact) mass is 731 g/mol. The topological polar surface area (TPSA) is 42.2 Å². The molecule has 7 aromatic carbocycles. The highest BCUT2D eigenvalue weighted by Crippen LogP contribution is 2.43. The van der Waals surface area contributed by atoms with E-state index in [1.165, 1.54) is 39.0 Å². The number of fused-ring (bicyclic) bond motifs is 4. The lowest BCUT2D eigenvalue weighted by atomic mass is 9.90. The zero-order valence-corrected chi connectivity index (χ0v) is 33.2. The maximum Gasteiger partial charge on any atom is 0.295 e. The first kappa shape index (κ1) is 35.3. The van der Waals surface area contributed by atoms with Gasteiger partial charge in [-0.15, -0.1) is 0 Å². The molecule has 0 aliphatic carbocycles. The van der Waals surface area contributed by atoms with E-state index in [1.54, 1.807) is 0 Å². The van der Waals surface area contributed by atoms with Gasteiger partial charge in [0.25, 0.3) is 5.82 Å². The number of aromatic hydroxyl groups is 1. The average molecular weight is 732 g/mol. The van der Waals surface area contributed by atoms with Crippen LogP contribution in [0.15, 0.2) is 144 Å². The smallest absolute Gasteiger partial charge is 0.295 e. The third kappa shape index (κ3) is 5.71. The van der Waals surface area contributed by atoms with Crippen LogP contribution in [0.4, 0.5) is 0 Å². The van der Waals surface area contributed by atoms with Gasteiger partial charge in [0.15, 0.2) is 11.0 Å². The van der Waals surface area contributed by atoms with Crippen LogP contribution in [0.1, 0.15) is 61.8 Å². The molecule has 0 atom stereocenters. The van der Waals surface area contributed by atoms with Gasteiger partial charge in [0.2, 0.25) is 0 Å². The molecule has 276 valence electrons. The summed E-state index contributed by atoms with van der Waals surface area (Å²) in [6, 6.07) is 49.0. The van der Waals surface area contributed by atoms with Crippen molar-refractivity contribution in [2.75, 3.05) is 0 Å². The highest BCUT2D eigenvalue weighted by Gasteiger charge is 2.32. The van der Waals surface area contributed by atoms with Gasteiger partial charge >= 0.3 is 0 Å². The van der Waals surface area contributed by atoms with Crippen molar-refractivity contribution in [1.82, 2.24) is 4.57 Å². The lowest BCUT2D eigenvalue weighted by molar-refractivity contribution is -0.633. The Kier molecular flexibility index (Phi) is 8.65. The van der Waals surface area contributed by atoms with Crippen LogP contribution in [0.2, 0.25) is 0 Å². The molecule has 0 aliphatic rings. The lowest BCUT2D eigenvalue weighted by Crippen LogP contribution is -2.31. The van der Waals surface area contributed by atoms with Crippen LogP contribution >= 0.6 is 0 Å². The molecule has 0 radical (unpaired) electrons. The molecule has 0 fully saturated rings. The molecule has 0 spiro atoms. The Hall–Kier alpha value is -6.39. The van der Waals surface area contributed by atoms with E-state index in [2.05, 4.69) is 179 Å². The van der Waals surface area contributed by atoms with Crippen LogP contribution in [-0.2, 0) is 7.05 Å². The maximum absolute atomic E-state index is 11.8. The minimum absolute atomic E-state index is 0.252. The molecule has 0 unspecified atom stereocenters. The fraction of sp³-hybridized carbons (Fsp3) is 0.173. The quantitative estimate of drug-likeness (QED) is 0.166. The van der Waals surface area contributed by atoms with Crippen molar-refractivity contribution < 1.29 is 14.1 Å². The fourth-order valence-corrected chi connectivity index (χ4v) is 8.78. The van der Waals surface area contributed by atoms with Crippen molar-refractivity contribution in [1.29, 1.82) is 0 Å². The normalized spacial score (nSPS) is 11.9. The van der Waals surface area contributed by atoms with Crippen molar-refractivity contribution in [3.8, 4) is 56.2 Å². The van der Waals surface area contributed by atoms with Crippen molar-refractivity contribution in [3.05, 3.63) is 162 Å². The highest BCUT2D eigenvalue weighted by atomic mass is 16.3. The Bertz CT molecular complexity index is 2940. The second-order valence-corrected chi connectivity index (χ2v) is 15.9. The number of phenolic OH excluding ortho intramolecular Hbond substituents is 1. The van der Waals surface area contributed by atoms with Gasteiger partial charge in [-0.05, 0) is 107 Å². The number of para-hydroxylation sites is 3. The summed E-state index contributed by atoms with van der Waals surface area (Å²) in [5, 5.41) is 13.9. The Morgan fingerprint density at radius 3 is 1.95 bits per heavy atom. The number of hydrogen-bond acceptors (Lipinski definition) is 2. The number of furan rings is 1. The Balaban J connectivity index is 1.16. The zero-order valence-electron chi connectivity index (χ0n) is 33.2. The van der Waals surface area contributed by atoms with Crippen LogP contribution in [0.5, 0.6) is 5.75 Å². The third-order valence-corrected chi connectivity index (χ3v) is 11.7. The summed E-state index contributed by atoms with van der Waals surface area (Å²) in [5.74, 6) is 2.06. The predicted octanol–water partition coefficient (Wildman–Crippen LogP) is 13.6. The second kappa shape index (κ2) is 13.7. The summed E-state index contributed by atoms with van der Waals surface area (Å²) in [5.41, 5.74) is 17.6. The van der Waals surface area contributed by atoms with Gasteiger partial charge in [0.05, 0.1) is 12.6 Å². The molecule has 0 bridgehead atoms. The number of rotatable bonds is 7. The molecule has 4 nitrogen and oxygen atoms in total. The molecular formula is C52H47N2O2+. The molecule has 1 N–H and O–H groups in total. The van der Waals surface area contributed by atoms with E-state index in [0.717, 1.165) is 66.7 Å². The molecule has 4 heteroatoms. The summed E-state index contributed by atoms with van der Waals surface area (Å²) in [4.78, 5) is 0. The first-order valence-electron chi connectivity index (χ1n) is 19.7. The van der Waals surface area contributed by atoms with Crippen molar-refractivity contribution in [2.45, 2.75) is 53.4 Å². The van der Waals surface area contributed by atoms with Gasteiger partial charge in [-0.3, -0.25) is 0 Å². The SMILES string of the molecule is Cc1ccc(-c2ccc(-c3ccc4oc5cc(-c6ccccc6)ccc5c4c3)cc2O)c(C)c1-c1n(-c2c(C(C)C)cccc2C(C)C)c2ccccc2[n+]1C. The van der Waals surface area contributed by atoms with Crippen molar-refractivity contribution >= 4 is 33.0 Å². The van der Waals surface area contributed by atoms with Crippen LogP contribution in [0.25, 0.3) is 83.4 Å². The molecule has 9 rings (SSSR count). The largest absolute Gasteiger partial charge is 0.507 e. The summed E-state index contributed by atoms with van der Waals surface area (Å²) in [6.07, 6.45) is 0. The van der Waals surface area contributed by atoms with Gasteiger partial charge in [-0.25, -0.2) is 4.57 Å². The minimum atomic E-state index is 0.252. The van der Waals surface area contributed by atoms with Crippen LogP contribution in [0, 0.1) is 13.8 Å².